The summed E-state index contributed by atoms with van der Waals surface area (Å²) in [5.41, 5.74) is 13.3. The highest BCUT2D eigenvalue weighted by molar-refractivity contribution is 5.65. The summed E-state index contributed by atoms with van der Waals surface area (Å²) in [7, 11) is 0. The second kappa shape index (κ2) is 4.58. The minimum Gasteiger partial charge on any atom is -0.330 e. The molecular formula is C15H19N3. The first kappa shape index (κ1) is 11.5. The minimum atomic E-state index is 0.659. The van der Waals surface area contributed by atoms with Crippen LogP contribution in [0.1, 0.15) is 28.8 Å². The summed E-state index contributed by atoms with van der Waals surface area (Å²) in [4.78, 5) is 0. The van der Waals surface area contributed by atoms with Crippen molar-refractivity contribution in [2.45, 2.75) is 32.6 Å². The van der Waals surface area contributed by atoms with Crippen LogP contribution >= 0.6 is 0 Å². The lowest BCUT2D eigenvalue weighted by atomic mass is 10.0. The second-order valence-electron chi connectivity index (χ2n) is 5.05. The molecule has 1 aliphatic carbocycles. The van der Waals surface area contributed by atoms with Crippen LogP contribution in [0.3, 0.4) is 0 Å². The fourth-order valence-corrected chi connectivity index (χ4v) is 2.82. The molecule has 3 nitrogen and oxygen atoms in total. The Morgan fingerprint density at radius 3 is 2.94 bits per heavy atom. The molecule has 0 aliphatic heterocycles. The van der Waals surface area contributed by atoms with Gasteiger partial charge in [-0.3, -0.25) is 5.10 Å². The van der Waals surface area contributed by atoms with Gasteiger partial charge < -0.3 is 5.73 Å². The SMILES string of the molecule is Cc1c(-c2ccc3c(c2)CCC3)n[nH]c1CCN. The molecule has 3 rings (SSSR count). The Morgan fingerprint density at radius 2 is 2.11 bits per heavy atom. The number of aromatic nitrogens is 2. The Balaban J connectivity index is 1.99. The molecule has 0 saturated heterocycles. The zero-order valence-electron chi connectivity index (χ0n) is 10.8. The quantitative estimate of drug-likeness (QED) is 0.866. The number of aryl methyl sites for hydroxylation is 2. The molecule has 0 radical (unpaired) electrons. The molecule has 18 heavy (non-hydrogen) atoms. The van der Waals surface area contributed by atoms with Crippen LogP contribution in [-0.4, -0.2) is 16.7 Å². The molecule has 1 heterocycles. The Hall–Kier alpha value is -1.61. The molecule has 1 aromatic carbocycles. The Labute approximate surface area is 107 Å². The smallest absolute Gasteiger partial charge is 0.0952 e. The van der Waals surface area contributed by atoms with Crippen molar-refractivity contribution in [3.63, 3.8) is 0 Å². The highest BCUT2D eigenvalue weighted by atomic mass is 15.1. The number of aromatic amines is 1. The molecule has 0 amide bonds. The van der Waals surface area contributed by atoms with E-state index in [0.717, 1.165) is 17.8 Å². The van der Waals surface area contributed by atoms with Crippen LogP contribution in [0.15, 0.2) is 18.2 Å². The maximum atomic E-state index is 5.60. The molecule has 0 saturated carbocycles. The van der Waals surface area contributed by atoms with Crippen molar-refractivity contribution < 1.29 is 0 Å². The Kier molecular flexibility index (Phi) is 2.92. The Morgan fingerprint density at radius 1 is 1.28 bits per heavy atom. The van der Waals surface area contributed by atoms with E-state index < -0.39 is 0 Å². The van der Waals surface area contributed by atoms with Crippen LogP contribution < -0.4 is 5.73 Å². The van der Waals surface area contributed by atoms with Gasteiger partial charge in [0.05, 0.1) is 5.69 Å². The highest BCUT2D eigenvalue weighted by Crippen LogP contribution is 2.29. The molecule has 0 atom stereocenters. The third kappa shape index (κ3) is 1.85. The van der Waals surface area contributed by atoms with Gasteiger partial charge in [-0.05, 0) is 55.5 Å². The average Bonchev–Trinajstić information content (AvgIpc) is 2.97. The fraction of sp³-hybridized carbons (Fsp3) is 0.400. The lowest BCUT2D eigenvalue weighted by Gasteiger charge is -2.04. The maximum absolute atomic E-state index is 5.60. The monoisotopic (exact) mass is 241 g/mol. The molecule has 0 unspecified atom stereocenters. The third-order valence-electron chi connectivity index (χ3n) is 3.88. The molecule has 1 aromatic heterocycles. The van der Waals surface area contributed by atoms with Crippen LogP contribution in [0, 0.1) is 6.92 Å². The van der Waals surface area contributed by atoms with Gasteiger partial charge in [0.1, 0.15) is 0 Å². The summed E-state index contributed by atoms with van der Waals surface area (Å²) in [5, 5.41) is 7.56. The number of nitrogens with one attached hydrogen (secondary N) is 1. The summed E-state index contributed by atoms with van der Waals surface area (Å²) in [6.07, 6.45) is 4.59. The average molecular weight is 241 g/mol. The first-order chi connectivity index (χ1) is 8.79. The Bertz CT molecular complexity index is 569. The minimum absolute atomic E-state index is 0.659. The topological polar surface area (TPSA) is 54.7 Å². The zero-order chi connectivity index (χ0) is 12.5. The number of fused-ring (bicyclic) bond motifs is 1. The van der Waals surface area contributed by atoms with E-state index in [0.29, 0.717) is 6.54 Å². The van der Waals surface area contributed by atoms with E-state index in [1.807, 2.05) is 0 Å². The van der Waals surface area contributed by atoms with Crippen molar-refractivity contribution in [1.29, 1.82) is 0 Å². The molecule has 2 aromatic rings. The van der Waals surface area contributed by atoms with Crippen molar-refractivity contribution in [3.8, 4) is 11.3 Å². The molecule has 3 N–H and O–H groups in total. The van der Waals surface area contributed by atoms with Gasteiger partial charge in [0.2, 0.25) is 0 Å². The number of hydrogen-bond donors (Lipinski definition) is 2. The summed E-state index contributed by atoms with van der Waals surface area (Å²) in [6, 6.07) is 6.76. The third-order valence-corrected chi connectivity index (χ3v) is 3.88. The molecule has 1 aliphatic rings. The standard InChI is InChI=1S/C15H19N3/c1-10-14(7-8-16)17-18-15(10)13-6-5-11-3-2-4-12(11)9-13/h5-6,9H,2-4,7-8,16H2,1H3,(H,17,18). The van der Waals surface area contributed by atoms with Crippen molar-refractivity contribution >= 4 is 0 Å². The summed E-state index contributed by atoms with van der Waals surface area (Å²) in [6.45, 7) is 2.78. The number of nitrogens with zero attached hydrogens (tertiary/aromatic N) is 1. The van der Waals surface area contributed by atoms with Crippen molar-refractivity contribution in [1.82, 2.24) is 10.2 Å². The van der Waals surface area contributed by atoms with Gasteiger partial charge in [0.15, 0.2) is 0 Å². The predicted octanol–water partition coefficient (Wildman–Crippen LogP) is 2.38. The molecule has 0 spiro atoms. The van der Waals surface area contributed by atoms with Gasteiger partial charge in [0, 0.05) is 17.7 Å². The summed E-state index contributed by atoms with van der Waals surface area (Å²) in [5.74, 6) is 0. The first-order valence-electron chi connectivity index (χ1n) is 6.65. The largest absolute Gasteiger partial charge is 0.330 e. The number of benzene rings is 1. The normalized spacial score (nSPS) is 13.9. The van der Waals surface area contributed by atoms with Gasteiger partial charge >= 0.3 is 0 Å². The first-order valence-corrected chi connectivity index (χ1v) is 6.65. The maximum Gasteiger partial charge on any atom is 0.0952 e. The number of nitrogens with two attached hydrogens (primary N) is 1. The van der Waals surface area contributed by atoms with E-state index in [1.165, 1.54) is 41.5 Å². The highest BCUT2D eigenvalue weighted by Gasteiger charge is 2.15. The lowest BCUT2D eigenvalue weighted by molar-refractivity contribution is 0.896. The lowest BCUT2D eigenvalue weighted by Crippen LogP contribution is -2.03. The second-order valence-corrected chi connectivity index (χ2v) is 5.05. The molecule has 0 bridgehead atoms. The van der Waals surface area contributed by atoms with Crippen LogP contribution in [0.4, 0.5) is 0 Å². The van der Waals surface area contributed by atoms with Gasteiger partial charge in [-0.2, -0.15) is 5.10 Å². The van der Waals surface area contributed by atoms with Crippen molar-refractivity contribution in [2.24, 2.45) is 5.73 Å². The molecule has 3 heteroatoms. The fourth-order valence-electron chi connectivity index (χ4n) is 2.82. The van der Waals surface area contributed by atoms with E-state index in [1.54, 1.807) is 0 Å². The summed E-state index contributed by atoms with van der Waals surface area (Å²) < 4.78 is 0. The van der Waals surface area contributed by atoms with E-state index in [2.05, 4.69) is 35.3 Å². The molecular weight excluding hydrogens is 222 g/mol. The van der Waals surface area contributed by atoms with E-state index in [9.17, 15) is 0 Å². The number of H-pyrrole nitrogens is 1. The zero-order valence-corrected chi connectivity index (χ0v) is 10.8. The molecule has 94 valence electrons. The van der Waals surface area contributed by atoms with Crippen LogP contribution in [0.2, 0.25) is 0 Å². The van der Waals surface area contributed by atoms with Crippen molar-refractivity contribution in [2.75, 3.05) is 6.54 Å². The van der Waals surface area contributed by atoms with E-state index >= 15 is 0 Å². The van der Waals surface area contributed by atoms with Gasteiger partial charge in [-0.15, -0.1) is 0 Å². The van der Waals surface area contributed by atoms with Gasteiger partial charge in [-0.25, -0.2) is 0 Å². The summed E-state index contributed by atoms with van der Waals surface area (Å²) >= 11 is 0. The van der Waals surface area contributed by atoms with Crippen LogP contribution in [0.25, 0.3) is 11.3 Å². The number of hydrogen-bond acceptors (Lipinski definition) is 2. The van der Waals surface area contributed by atoms with Crippen molar-refractivity contribution in [3.05, 3.63) is 40.6 Å². The predicted molar refractivity (Wildman–Crippen MR) is 73.5 cm³/mol. The van der Waals surface area contributed by atoms with Crippen LogP contribution in [-0.2, 0) is 19.3 Å². The number of rotatable bonds is 3. The van der Waals surface area contributed by atoms with E-state index in [4.69, 9.17) is 5.73 Å². The van der Waals surface area contributed by atoms with E-state index in [-0.39, 0.29) is 0 Å². The van der Waals surface area contributed by atoms with Crippen LogP contribution in [0.5, 0.6) is 0 Å². The van der Waals surface area contributed by atoms with Gasteiger partial charge in [0.25, 0.3) is 0 Å². The van der Waals surface area contributed by atoms with Gasteiger partial charge in [-0.1, -0.05) is 12.1 Å². The molecule has 0 fully saturated rings.